The van der Waals surface area contributed by atoms with Crippen LogP contribution in [-0.4, -0.2) is 62.3 Å². The number of carbonyl (C=O) groups excluding carboxylic acids is 2. The fourth-order valence-corrected chi connectivity index (χ4v) is 5.61. The van der Waals surface area contributed by atoms with Gasteiger partial charge in [-0.3, -0.25) is 4.79 Å². The highest BCUT2D eigenvalue weighted by Crippen LogP contribution is 2.45. The summed E-state index contributed by atoms with van der Waals surface area (Å²) in [5.74, 6) is -1.37. The number of piperazine rings is 1. The zero-order valence-electron chi connectivity index (χ0n) is 17.8. The van der Waals surface area contributed by atoms with Gasteiger partial charge >= 0.3 is 5.97 Å². The summed E-state index contributed by atoms with van der Waals surface area (Å²) in [6, 6.07) is 8.65. The van der Waals surface area contributed by atoms with Crippen molar-refractivity contribution in [1.29, 1.82) is 0 Å². The summed E-state index contributed by atoms with van der Waals surface area (Å²) in [5, 5.41) is -0.337. The standard InChI is InChI=1S/C22H25FN2O6S/c1-2-30-20(26)18-7-8-19(31-18)32(28,29)25-13-11-24(12-14-25)21(27)22(9-4-10-22)16-5-3-6-17(23)15-16/h3,5-8,15H,2,4,9-14H2,1H3. The van der Waals surface area contributed by atoms with Crippen molar-refractivity contribution in [1.82, 2.24) is 9.21 Å². The van der Waals surface area contributed by atoms with Crippen molar-refractivity contribution >= 4 is 21.9 Å². The summed E-state index contributed by atoms with van der Waals surface area (Å²) in [7, 11) is -3.95. The van der Waals surface area contributed by atoms with E-state index in [4.69, 9.17) is 9.15 Å². The minimum Gasteiger partial charge on any atom is -0.460 e. The Hall–Kier alpha value is -2.72. The summed E-state index contributed by atoms with van der Waals surface area (Å²) in [4.78, 5) is 26.8. The molecular weight excluding hydrogens is 439 g/mol. The molecule has 1 aromatic carbocycles. The molecule has 1 amide bonds. The lowest BCUT2D eigenvalue weighted by Gasteiger charge is -2.45. The van der Waals surface area contributed by atoms with Crippen LogP contribution in [0.25, 0.3) is 0 Å². The van der Waals surface area contributed by atoms with Crippen molar-refractivity contribution in [2.45, 2.75) is 36.7 Å². The number of hydrogen-bond donors (Lipinski definition) is 0. The zero-order valence-corrected chi connectivity index (χ0v) is 18.6. The molecule has 1 saturated heterocycles. The first-order valence-corrected chi connectivity index (χ1v) is 12.0. The van der Waals surface area contributed by atoms with Crippen LogP contribution in [0.4, 0.5) is 4.39 Å². The number of rotatable bonds is 6. The molecule has 0 spiro atoms. The Balaban J connectivity index is 1.45. The molecule has 1 saturated carbocycles. The second-order valence-corrected chi connectivity index (χ2v) is 9.85. The third kappa shape index (κ3) is 3.93. The number of ether oxygens (including phenoxy) is 1. The number of sulfonamides is 1. The van der Waals surface area contributed by atoms with Crippen LogP contribution in [0, 0.1) is 5.82 Å². The van der Waals surface area contributed by atoms with E-state index in [1.54, 1.807) is 24.0 Å². The molecule has 32 heavy (non-hydrogen) atoms. The van der Waals surface area contributed by atoms with Crippen LogP contribution in [0.2, 0.25) is 0 Å². The summed E-state index contributed by atoms with van der Waals surface area (Å²) < 4.78 is 50.9. The van der Waals surface area contributed by atoms with Crippen molar-refractivity contribution in [2.75, 3.05) is 32.8 Å². The molecule has 2 fully saturated rings. The predicted molar refractivity (Wildman–Crippen MR) is 112 cm³/mol. The molecule has 0 bridgehead atoms. The highest BCUT2D eigenvalue weighted by atomic mass is 32.2. The van der Waals surface area contributed by atoms with E-state index in [9.17, 15) is 22.4 Å². The van der Waals surface area contributed by atoms with Gasteiger partial charge in [0.25, 0.3) is 10.0 Å². The lowest BCUT2D eigenvalue weighted by atomic mass is 9.63. The molecule has 2 aromatic rings. The van der Waals surface area contributed by atoms with Crippen LogP contribution >= 0.6 is 0 Å². The molecular formula is C22H25FN2O6S. The smallest absolute Gasteiger partial charge is 0.374 e. The van der Waals surface area contributed by atoms with Crippen LogP contribution in [0.3, 0.4) is 0 Å². The Morgan fingerprint density at radius 3 is 2.44 bits per heavy atom. The maximum absolute atomic E-state index is 13.8. The molecule has 1 aliphatic carbocycles. The van der Waals surface area contributed by atoms with Gasteiger partial charge in [0.1, 0.15) is 5.82 Å². The summed E-state index contributed by atoms with van der Waals surface area (Å²) in [6.45, 7) is 2.43. The molecule has 10 heteroatoms. The fourth-order valence-electron chi connectivity index (χ4n) is 4.27. The molecule has 8 nitrogen and oxygen atoms in total. The van der Waals surface area contributed by atoms with E-state index in [-0.39, 0.29) is 55.4 Å². The Kier molecular flexibility index (Phi) is 6.09. The number of nitrogens with zero attached hydrogens (tertiary/aromatic N) is 2. The van der Waals surface area contributed by atoms with E-state index in [1.807, 2.05) is 0 Å². The topological polar surface area (TPSA) is 97.1 Å². The summed E-state index contributed by atoms with van der Waals surface area (Å²) in [5.41, 5.74) is -0.0653. The van der Waals surface area contributed by atoms with Gasteiger partial charge in [-0.1, -0.05) is 18.6 Å². The van der Waals surface area contributed by atoms with Crippen molar-refractivity contribution in [3.05, 3.63) is 53.5 Å². The lowest BCUT2D eigenvalue weighted by Crippen LogP contribution is -2.57. The highest BCUT2D eigenvalue weighted by molar-refractivity contribution is 7.89. The SMILES string of the molecule is CCOC(=O)c1ccc(S(=O)(=O)N2CCN(C(=O)C3(c4cccc(F)c4)CCC3)CC2)o1. The fraction of sp³-hybridized carbons (Fsp3) is 0.455. The third-order valence-electron chi connectivity index (χ3n) is 6.17. The molecule has 4 rings (SSSR count). The molecule has 0 unspecified atom stereocenters. The van der Waals surface area contributed by atoms with Crippen molar-refractivity contribution in [2.24, 2.45) is 0 Å². The van der Waals surface area contributed by atoms with Gasteiger partial charge in [-0.15, -0.1) is 0 Å². The third-order valence-corrected chi connectivity index (χ3v) is 7.94. The van der Waals surface area contributed by atoms with Crippen LogP contribution in [0.5, 0.6) is 0 Å². The Labute approximate surface area is 186 Å². The second-order valence-electron chi connectivity index (χ2n) is 7.98. The first kappa shape index (κ1) is 22.5. The van der Waals surface area contributed by atoms with Gasteiger partial charge in [0, 0.05) is 26.2 Å². The maximum Gasteiger partial charge on any atom is 0.374 e. The monoisotopic (exact) mass is 464 g/mol. The minimum atomic E-state index is -3.95. The molecule has 1 aromatic heterocycles. The molecule has 0 N–H and O–H groups in total. The van der Waals surface area contributed by atoms with Gasteiger partial charge in [0.05, 0.1) is 12.0 Å². The van der Waals surface area contributed by atoms with Gasteiger partial charge in [-0.2, -0.15) is 4.31 Å². The second kappa shape index (κ2) is 8.67. The van der Waals surface area contributed by atoms with Crippen molar-refractivity contribution < 1.29 is 31.6 Å². The van der Waals surface area contributed by atoms with Crippen LogP contribution < -0.4 is 0 Å². The first-order chi connectivity index (χ1) is 15.3. The lowest BCUT2D eigenvalue weighted by molar-refractivity contribution is -0.142. The van der Waals surface area contributed by atoms with Crippen LogP contribution in [0.15, 0.2) is 45.9 Å². The van der Waals surface area contributed by atoms with Gasteiger partial charge in [-0.05, 0) is 49.6 Å². The number of esters is 1. The normalized spacial score (nSPS) is 18.8. The number of furan rings is 1. The van der Waals surface area contributed by atoms with E-state index < -0.39 is 21.4 Å². The quantitative estimate of drug-likeness (QED) is 0.610. The maximum atomic E-state index is 13.8. The van der Waals surface area contributed by atoms with E-state index in [0.29, 0.717) is 18.4 Å². The zero-order chi connectivity index (χ0) is 22.9. The van der Waals surface area contributed by atoms with Crippen molar-refractivity contribution in [3.63, 3.8) is 0 Å². The molecule has 1 aliphatic heterocycles. The molecule has 0 radical (unpaired) electrons. The van der Waals surface area contributed by atoms with Crippen LogP contribution in [0.1, 0.15) is 42.3 Å². The number of amides is 1. The molecule has 2 heterocycles. The molecule has 0 atom stereocenters. The van der Waals surface area contributed by atoms with Gasteiger partial charge in [0.15, 0.2) is 0 Å². The van der Waals surface area contributed by atoms with Crippen molar-refractivity contribution in [3.8, 4) is 0 Å². The number of halogens is 1. The first-order valence-electron chi connectivity index (χ1n) is 10.6. The molecule has 172 valence electrons. The number of hydrogen-bond acceptors (Lipinski definition) is 6. The average Bonchev–Trinajstić information content (AvgIpc) is 3.25. The van der Waals surface area contributed by atoms with Gasteiger partial charge in [0.2, 0.25) is 16.8 Å². The minimum absolute atomic E-state index is 0.0889. The van der Waals surface area contributed by atoms with E-state index in [0.717, 1.165) is 6.42 Å². The Morgan fingerprint density at radius 2 is 1.84 bits per heavy atom. The van der Waals surface area contributed by atoms with Gasteiger partial charge in [-0.25, -0.2) is 17.6 Å². The number of carbonyl (C=O) groups is 2. The van der Waals surface area contributed by atoms with E-state index >= 15 is 0 Å². The van der Waals surface area contributed by atoms with Crippen LogP contribution in [-0.2, 0) is 25.0 Å². The summed E-state index contributed by atoms with van der Waals surface area (Å²) >= 11 is 0. The molecule has 2 aliphatic rings. The highest BCUT2D eigenvalue weighted by Gasteiger charge is 2.48. The Bertz CT molecular complexity index is 1120. The van der Waals surface area contributed by atoms with E-state index in [2.05, 4.69) is 0 Å². The average molecular weight is 465 g/mol. The van der Waals surface area contributed by atoms with Gasteiger partial charge < -0.3 is 14.1 Å². The Morgan fingerprint density at radius 1 is 1.12 bits per heavy atom. The summed E-state index contributed by atoms with van der Waals surface area (Å²) in [6.07, 6.45) is 2.19. The largest absolute Gasteiger partial charge is 0.460 e. The number of benzene rings is 1. The predicted octanol–water partition coefficient (Wildman–Crippen LogP) is 2.55. The van der Waals surface area contributed by atoms with E-state index in [1.165, 1.54) is 28.6 Å².